The van der Waals surface area contributed by atoms with Crippen LogP contribution >= 0.6 is 0 Å². The van der Waals surface area contributed by atoms with Crippen molar-refractivity contribution >= 4 is 16.9 Å². The molecule has 0 fully saturated rings. The Bertz CT molecular complexity index is 816. The molecule has 25 heavy (non-hydrogen) atoms. The van der Waals surface area contributed by atoms with Gasteiger partial charge in [-0.25, -0.2) is 0 Å². The summed E-state index contributed by atoms with van der Waals surface area (Å²) in [6.45, 7) is 6.16. The van der Waals surface area contributed by atoms with E-state index in [4.69, 9.17) is 9.15 Å². The molecule has 4 heteroatoms. The maximum Gasteiger partial charge on any atom is 0.258 e. The predicted octanol–water partition coefficient (Wildman–Crippen LogP) is 4.81. The standard InChI is InChI=1S/C21H23NO3/c1-14(2)16-8-10-18(11-9-16)24-13-21(23)22-15(3)20-12-17-6-4-5-7-19(17)25-20/h4-12,14-15H,13H2,1-3H3,(H,22,23)/t15-/m0/s1. The summed E-state index contributed by atoms with van der Waals surface area (Å²) < 4.78 is 11.3. The summed E-state index contributed by atoms with van der Waals surface area (Å²) in [6, 6.07) is 17.4. The first-order chi connectivity index (χ1) is 12.0. The number of rotatable bonds is 6. The second-order valence-electron chi connectivity index (χ2n) is 6.49. The van der Waals surface area contributed by atoms with Crippen molar-refractivity contribution in [2.45, 2.75) is 32.7 Å². The molecule has 3 aromatic rings. The molecule has 2 aromatic carbocycles. The fraction of sp³-hybridized carbons (Fsp3) is 0.286. The molecule has 0 aliphatic heterocycles. The first-order valence-electron chi connectivity index (χ1n) is 8.53. The predicted molar refractivity (Wildman–Crippen MR) is 98.8 cm³/mol. The smallest absolute Gasteiger partial charge is 0.258 e. The van der Waals surface area contributed by atoms with E-state index in [9.17, 15) is 4.79 Å². The number of amides is 1. The Morgan fingerprint density at radius 1 is 1.08 bits per heavy atom. The number of carbonyl (C=O) groups is 1. The zero-order valence-corrected chi connectivity index (χ0v) is 14.8. The number of fused-ring (bicyclic) bond motifs is 1. The van der Waals surface area contributed by atoms with Crippen molar-refractivity contribution in [3.63, 3.8) is 0 Å². The summed E-state index contributed by atoms with van der Waals surface area (Å²) in [5.41, 5.74) is 2.07. The topological polar surface area (TPSA) is 51.5 Å². The number of benzene rings is 2. The Labute approximate surface area is 147 Å². The Balaban J connectivity index is 1.54. The summed E-state index contributed by atoms with van der Waals surface area (Å²) in [4.78, 5) is 12.1. The maximum atomic E-state index is 12.1. The van der Waals surface area contributed by atoms with Gasteiger partial charge in [0.05, 0.1) is 6.04 Å². The van der Waals surface area contributed by atoms with Gasteiger partial charge in [-0.1, -0.05) is 44.2 Å². The van der Waals surface area contributed by atoms with Crippen LogP contribution in [0.15, 0.2) is 59.0 Å². The van der Waals surface area contributed by atoms with Crippen LogP contribution in [0.2, 0.25) is 0 Å². The molecule has 0 spiro atoms. The minimum absolute atomic E-state index is 0.0222. The summed E-state index contributed by atoms with van der Waals surface area (Å²) in [5.74, 6) is 1.72. The number of carbonyl (C=O) groups excluding carboxylic acids is 1. The van der Waals surface area contributed by atoms with Gasteiger partial charge in [-0.15, -0.1) is 0 Å². The van der Waals surface area contributed by atoms with Gasteiger partial charge in [-0.3, -0.25) is 4.79 Å². The lowest BCUT2D eigenvalue weighted by Crippen LogP contribution is -2.31. The van der Waals surface area contributed by atoms with Crippen molar-refractivity contribution in [1.29, 1.82) is 0 Å². The van der Waals surface area contributed by atoms with Crippen LogP contribution in [-0.2, 0) is 4.79 Å². The fourth-order valence-electron chi connectivity index (χ4n) is 2.67. The molecule has 0 aliphatic carbocycles. The van der Waals surface area contributed by atoms with Gasteiger partial charge in [-0.05, 0) is 42.7 Å². The summed E-state index contributed by atoms with van der Waals surface area (Å²) in [6.07, 6.45) is 0. The van der Waals surface area contributed by atoms with Crippen molar-refractivity contribution in [2.24, 2.45) is 0 Å². The fourth-order valence-corrected chi connectivity index (χ4v) is 2.67. The van der Waals surface area contributed by atoms with E-state index in [-0.39, 0.29) is 18.6 Å². The van der Waals surface area contributed by atoms with Crippen molar-refractivity contribution < 1.29 is 13.9 Å². The Hall–Kier alpha value is -2.75. The molecular weight excluding hydrogens is 314 g/mol. The zero-order chi connectivity index (χ0) is 17.8. The first-order valence-corrected chi connectivity index (χ1v) is 8.53. The average Bonchev–Trinajstić information content (AvgIpc) is 3.04. The van der Waals surface area contributed by atoms with Crippen molar-refractivity contribution in [2.75, 3.05) is 6.61 Å². The summed E-state index contributed by atoms with van der Waals surface area (Å²) in [7, 11) is 0. The van der Waals surface area contributed by atoms with Gasteiger partial charge in [-0.2, -0.15) is 0 Å². The van der Waals surface area contributed by atoms with Gasteiger partial charge >= 0.3 is 0 Å². The lowest BCUT2D eigenvalue weighted by molar-refractivity contribution is -0.123. The van der Waals surface area contributed by atoms with E-state index >= 15 is 0 Å². The van der Waals surface area contributed by atoms with Crippen LogP contribution < -0.4 is 10.1 Å². The second kappa shape index (κ2) is 7.43. The highest BCUT2D eigenvalue weighted by Crippen LogP contribution is 2.23. The monoisotopic (exact) mass is 337 g/mol. The molecule has 4 nitrogen and oxygen atoms in total. The van der Waals surface area contributed by atoms with E-state index in [2.05, 4.69) is 19.2 Å². The molecule has 1 atom stereocenters. The quantitative estimate of drug-likeness (QED) is 0.702. The highest BCUT2D eigenvalue weighted by molar-refractivity contribution is 5.79. The van der Waals surface area contributed by atoms with Crippen molar-refractivity contribution in [3.05, 3.63) is 65.9 Å². The Kier molecular flexibility index (Phi) is 5.08. The van der Waals surface area contributed by atoms with E-state index in [0.717, 1.165) is 16.7 Å². The Morgan fingerprint density at radius 2 is 1.80 bits per heavy atom. The lowest BCUT2D eigenvalue weighted by Gasteiger charge is -2.12. The second-order valence-corrected chi connectivity index (χ2v) is 6.49. The van der Waals surface area contributed by atoms with Gasteiger partial charge in [0.1, 0.15) is 17.1 Å². The number of furan rings is 1. The van der Waals surface area contributed by atoms with Gasteiger partial charge < -0.3 is 14.5 Å². The van der Waals surface area contributed by atoms with Crippen LogP contribution in [0.25, 0.3) is 11.0 Å². The van der Waals surface area contributed by atoms with Crippen molar-refractivity contribution in [3.8, 4) is 5.75 Å². The number of para-hydroxylation sites is 1. The SMILES string of the molecule is CC(C)c1ccc(OCC(=O)N[C@@H](C)c2cc3ccccc3o2)cc1. The normalized spacial score (nSPS) is 12.3. The highest BCUT2D eigenvalue weighted by Gasteiger charge is 2.14. The maximum absolute atomic E-state index is 12.1. The molecule has 0 bridgehead atoms. The molecule has 0 radical (unpaired) electrons. The van der Waals surface area contributed by atoms with Crippen LogP contribution in [0.4, 0.5) is 0 Å². The molecule has 130 valence electrons. The number of ether oxygens (including phenoxy) is 1. The number of hydrogen-bond donors (Lipinski definition) is 1. The van der Waals surface area contributed by atoms with Gasteiger partial charge in [0, 0.05) is 5.39 Å². The number of hydrogen-bond acceptors (Lipinski definition) is 3. The lowest BCUT2D eigenvalue weighted by atomic mass is 10.0. The molecular formula is C21H23NO3. The van der Waals surface area contributed by atoms with E-state index < -0.39 is 0 Å². The van der Waals surface area contributed by atoms with Crippen LogP contribution in [0.1, 0.15) is 44.1 Å². The number of nitrogens with one attached hydrogen (secondary N) is 1. The van der Waals surface area contributed by atoms with Crippen molar-refractivity contribution in [1.82, 2.24) is 5.32 Å². The molecule has 1 amide bonds. The molecule has 1 N–H and O–H groups in total. The van der Waals surface area contributed by atoms with Gasteiger partial charge in [0.2, 0.25) is 0 Å². The van der Waals surface area contributed by atoms with E-state index in [1.54, 1.807) is 0 Å². The zero-order valence-electron chi connectivity index (χ0n) is 14.8. The molecule has 0 unspecified atom stereocenters. The largest absolute Gasteiger partial charge is 0.484 e. The molecule has 0 saturated carbocycles. The van der Waals surface area contributed by atoms with E-state index in [0.29, 0.717) is 11.7 Å². The third-order valence-electron chi connectivity index (χ3n) is 4.17. The van der Waals surface area contributed by atoms with Gasteiger partial charge in [0.15, 0.2) is 6.61 Å². The van der Waals surface area contributed by atoms with Crippen LogP contribution in [0.5, 0.6) is 5.75 Å². The van der Waals surface area contributed by atoms with Crippen LogP contribution in [0, 0.1) is 0 Å². The minimum Gasteiger partial charge on any atom is -0.484 e. The van der Waals surface area contributed by atoms with Crippen LogP contribution in [0.3, 0.4) is 0 Å². The Morgan fingerprint density at radius 3 is 2.48 bits per heavy atom. The third-order valence-corrected chi connectivity index (χ3v) is 4.17. The summed E-state index contributed by atoms with van der Waals surface area (Å²) in [5, 5.41) is 3.93. The molecule has 1 heterocycles. The molecule has 0 saturated heterocycles. The highest BCUT2D eigenvalue weighted by atomic mass is 16.5. The van der Waals surface area contributed by atoms with E-state index in [1.165, 1.54) is 5.56 Å². The van der Waals surface area contributed by atoms with E-state index in [1.807, 2.05) is 61.5 Å². The minimum atomic E-state index is -0.216. The van der Waals surface area contributed by atoms with Crippen LogP contribution in [-0.4, -0.2) is 12.5 Å². The molecule has 1 aromatic heterocycles. The first kappa shape index (κ1) is 17.1. The summed E-state index contributed by atoms with van der Waals surface area (Å²) >= 11 is 0. The molecule has 0 aliphatic rings. The average molecular weight is 337 g/mol. The van der Waals surface area contributed by atoms with Gasteiger partial charge in [0.25, 0.3) is 5.91 Å². The third kappa shape index (κ3) is 4.21. The molecule has 3 rings (SSSR count).